The van der Waals surface area contributed by atoms with Crippen LogP contribution in [0.4, 0.5) is 0 Å². The van der Waals surface area contributed by atoms with Crippen molar-refractivity contribution in [1.82, 2.24) is 15.6 Å². The number of aliphatic hydroxyl groups is 1. The molecule has 1 aromatic carbocycles. The zero-order chi connectivity index (χ0) is 20.0. The van der Waals surface area contributed by atoms with Gasteiger partial charge in [-0.15, -0.1) is 0 Å². The lowest BCUT2D eigenvalue weighted by atomic mass is 9.99. The van der Waals surface area contributed by atoms with Gasteiger partial charge in [-0.25, -0.2) is 9.98 Å². The van der Waals surface area contributed by atoms with Crippen LogP contribution in [-0.2, 0) is 12.1 Å². The minimum Gasteiger partial charge on any atom is -0.444 e. The van der Waals surface area contributed by atoms with Gasteiger partial charge in [0.15, 0.2) is 5.96 Å². The summed E-state index contributed by atoms with van der Waals surface area (Å²) in [7, 11) is 0. The van der Waals surface area contributed by atoms with E-state index in [0.717, 1.165) is 23.4 Å². The lowest BCUT2D eigenvalue weighted by Gasteiger charge is -2.24. The number of guanidine groups is 1. The molecule has 3 aromatic rings. The number of aryl methyl sites for hydroxylation is 1. The van der Waals surface area contributed by atoms with Gasteiger partial charge in [0.1, 0.15) is 17.6 Å². The molecule has 0 aliphatic rings. The number of thiophene rings is 1. The third-order valence-corrected chi connectivity index (χ3v) is 5.02. The Labute approximate surface area is 169 Å². The summed E-state index contributed by atoms with van der Waals surface area (Å²) in [6, 6.07) is 9.98. The highest BCUT2D eigenvalue weighted by atomic mass is 32.1. The molecule has 28 heavy (non-hydrogen) atoms. The van der Waals surface area contributed by atoms with Crippen LogP contribution in [-0.4, -0.2) is 29.1 Å². The summed E-state index contributed by atoms with van der Waals surface area (Å²) in [4.78, 5) is 9.07. The predicted octanol–water partition coefficient (Wildman–Crippen LogP) is 3.67. The molecular formula is C21H26N4O2S. The molecule has 2 aromatic heterocycles. The molecule has 0 aliphatic heterocycles. The van der Waals surface area contributed by atoms with E-state index in [1.165, 1.54) is 5.56 Å². The predicted molar refractivity (Wildman–Crippen MR) is 113 cm³/mol. The molecule has 3 N–H and O–H groups in total. The van der Waals surface area contributed by atoms with Crippen molar-refractivity contribution in [3.8, 4) is 11.5 Å². The van der Waals surface area contributed by atoms with Gasteiger partial charge >= 0.3 is 0 Å². The van der Waals surface area contributed by atoms with E-state index < -0.39 is 5.60 Å². The summed E-state index contributed by atoms with van der Waals surface area (Å²) in [6.07, 6.45) is 1.63. The van der Waals surface area contributed by atoms with Crippen LogP contribution in [0.1, 0.15) is 30.7 Å². The Morgan fingerprint density at radius 2 is 2.04 bits per heavy atom. The maximum atomic E-state index is 10.7. The Kier molecular flexibility index (Phi) is 6.49. The number of oxazole rings is 1. The van der Waals surface area contributed by atoms with Gasteiger partial charge < -0.3 is 20.2 Å². The second kappa shape index (κ2) is 9.03. The smallest absolute Gasteiger partial charge is 0.226 e. The first kappa shape index (κ1) is 20.1. The third-order valence-electron chi connectivity index (χ3n) is 4.34. The van der Waals surface area contributed by atoms with E-state index in [1.54, 1.807) is 24.5 Å². The maximum Gasteiger partial charge on any atom is 0.226 e. The zero-order valence-electron chi connectivity index (χ0n) is 16.4. The SMILES string of the molecule is CCNC(=NCc1coc(-c2ccc(C)cc2)n1)NCC(C)(O)c1ccsc1. The van der Waals surface area contributed by atoms with Gasteiger partial charge in [-0.2, -0.15) is 11.3 Å². The number of rotatable bonds is 7. The number of hydrogen-bond donors (Lipinski definition) is 3. The van der Waals surface area contributed by atoms with Gasteiger partial charge in [-0.05, 0) is 55.3 Å². The fourth-order valence-electron chi connectivity index (χ4n) is 2.64. The summed E-state index contributed by atoms with van der Waals surface area (Å²) in [5.41, 5.74) is 2.80. The molecule has 0 saturated carbocycles. The van der Waals surface area contributed by atoms with Crippen LogP contribution in [0.3, 0.4) is 0 Å². The highest BCUT2D eigenvalue weighted by Gasteiger charge is 2.23. The number of hydrogen-bond acceptors (Lipinski definition) is 5. The van der Waals surface area contributed by atoms with E-state index in [2.05, 4.69) is 20.6 Å². The van der Waals surface area contributed by atoms with Crippen LogP contribution >= 0.6 is 11.3 Å². The van der Waals surface area contributed by atoms with Crippen molar-refractivity contribution in [2.24, 2.45) is 4.99 Å². The van der Waals surface area contributed by atoms with Crippen LogP contribution in [0.5, 0.6) is 0 Å². The highest BCUT2D eigenvalue weighted by molar-refractivity contribution is 7.08. The maximum absolute atomic E-state index is 10.7. The number of aliphatic imine (C=N–C) groups is 1. The molecule has 0 bridgehead atoms. The summed E-state index contributed by atoms with van der Waals surface area (Å²) in [6.45, 7) is 7.29. The van der Waals surface area contributed by atoms with Gasteiger partial charge in [-0.3, -0.25) is 0 Å². The number of nitrogens with one attached hydrogen (secondary N) is 2. The summed E-state index contributed by atoms with van der Waals surface area (Å²) < 4.78 is 5.59. The minimum atomic E-state index is -0.970. The first-order valence-corrected chi connectivity index (χ1v) is 10.2. The van der Waals surface area contributed by atoms with Crippen molar-refractivity contribution < 1.29 is 9.52 Å². The number of aromatic nitrogens is 1. The molecule has 0 amide bonds. The van der Waals surface area contributed by atoms with Crippen molar-refractivity contribution in [2.45, 2.75) is 32.9 Å². The Bertz CT molecular complexity index is 899. The van der Waals surface area contributed by atoms with E-state index in [4.69, 9.17) is 4.42 Å². The molecule has 0 aliphatic carbocycles. The van der Waals surface area contributed by atoms with E-state index in [1.807, 2.05) is 54.9 Å². The summed E-state index contributed by atoms with van der Waals surface area (Å²) in [5, 5.41) is 21.0. The van der Waals surface area contributed by atoms with E-state index >= 15 is 0 Å². The van der Waals surface area contributed by atoms with Crippen molar-refractivity contribution in [3.05, 3.63) is 64.2 Å². The van der Waals surface area contributed by atoms with Crippen molar-refractivity contribution in [1.29, 1.82) is 0 Å². The first-order valence-electron chi connectivity index (χ1n) is 9.26. The lowest BCUT2D eigenvalue weighted by Crippen LogP contribution is -2.44. The van der Waals surface area contributed by atoms with E-state index in [9.17, 15) is 5.11 Å². The largest absolute Gasteiger partial charge is 0.444 e. The van der Waals surface area contributed by atoms with Gasteiger partial charge in [0, 0.05) is 12.1 Å². The number of nitrogens with zero attached hydrogens (tertiary/aromatic N) is 2. The van der Waals surface area contributed by atoms with Crippen molar-refractivity contribution in [2.75, 3.05) is 13.1 Å². The van der Waals surface area contributed by atoms with E-state index in [0.29, 0.717) is 24.9 Å². The standard InChI is InChI=1S/C21H26N4O2S/c1-4-22-20(24-14-21(3,26)17-9-10-28-13-17)23-11-18-12-27-19(25-18)16-7-5-15(2)6-8-16/h5-10,12-13,26H,4,11,14H2,1-3H3,(H2,22,23,24). The molecule has 6 nitrogen and oxygen atoms in total. The summed E-state index contributed by atoms with van der Waals surface area (Å²) >= 11 is 1.57. The molecule has 3 rings (SSSR count). The lowest BCUT2D eigenvalue weighted by molar-refractivity contribution is 0.0621. The monoisotopic (exact) mass is 398 g/mol. The quantitative estimate of drug-likeness (QED) is 0.418. The average molecular weight is 399 g/mol. The minimum absolute atomic E-state index is 0.350. The van der Waals surface area contributed by atoms with Crippen molar-refractivity contribution in [3.63, 3.8) is 0 Å². The van der Waals surface area contributed by atoms with Crippen LogP contribution in [0.15, 0.2) is 56.8 Å². The third kappa shape index (κ3) is 5.21. The second-order valence-electron chi connectivity index (χ2n) is 6.84. The van der Waals surface area contributed by atoms with Crippen LogP contribution in [0.2, 0.25) is 0 Å². The van der Waals surface area contributed by atoms with Crippen molar-refractivity contribution >= 4 is 17.3 Å². The molecule has 0 radical (unpaired) electrons. The van der Waals surface area contributed by atoms with Crippen LogP contribution < -0.4 is 10.6 Å². The molecule has 0 spiro atoms. The molecule has 148 valence electrons. The van der Waals surface area contributed by atoms with Gasteiger partial charge in [-0.1, -0.05) is 17.7 Å². The normalized spacial score (nSPS) is 13.9. The Hall–Kier alpha value is -2.64. The van der Waals surface area contributed by atoms with Gasteiger partial charge in [0.2, 0.25) is 5.89 Å². The second-order valence-corrected chi connectivity index (χ2v) is 7.62. The fraction of sp³-hybridized carbons (Fsp3) is 0.333. The van der Waals surface area contributed by atoms with E-state index in [-0.39, 0.29) is 0 Å². The molecule has 2 heterocycles. The Morgan fingerprint density at radius 1 is 1.25 bits per heavy atom. The average Bonchev–Trinajstić information content (AvgIpc) is 3.37. The van der Waals surface area contributed by atoms with Crippen LogP contribution in [0, 0.1) is 6.92 Å². The fourth-order valence-corrected chi connectivity index (χ4v) is 3.42. The molecule has 0 fully saturated rings. The zero-order valence-corrected chi connectivity index (χ0v) is 17.2. The molecule has 1 unspecified atom stereocenters. The number of benzene rings is 1. The van der Waals surface area contributed by atoms with Gasteiger partial charge in [0.05, 0.1) is 13.1 Å². The Balaban J connectivity index is 1.63. The van der Waals surface area contributed by atoms with Gasteiger partial charge in [0.25, 0.3) is 0 Å². The molecule has 1 atom stereocenters. The molecule has 7 heteroatoms. The summed E-state index contributed by atoms with van der Waals surface area (Å²) in [5.74, 6) is 1.21. The van der Waals surface area contributed by atoms with Crippen LogP contribution in [0.25, 0.3) is 11.5 Å². The highest BCUT2D eigenvalue weighted by Crippen LogP contribution is 2.22. The molecular weight excluding hydrogens is 372 g/mol. The molecule has 0 saturated heterocycles. The first-order chi connectivity index (χ1) is 13.5. The topological polar surface area (TPSA) is 82.7 Å². The Morgan fingerprint density at radius 3 is 2.71 bits per heavy atom.